The first-order valence-corrected chi connectivity index (χ1v) is 9.37. The van der Waals surface area contributed by atoms with Crippen LogP contribution in [0.25, 0.3) is 0 Å². The number of carbonyl (C=O) groups is 2. The number of aryl methyl sites for hydroxylation is 2. The number of nitrogens with one attached hydrogen (secondary N) is 1. The number of halogens is 1. The molecule has 1 N–H and O–H groups in total. The highest BCUT2D eigenvalue weighted by Gasteiger charge is 2.23. The molecule has 1 fully saturated rings. The van der Waals surface area contributed by atoms with Crippen molar-refractivity contribution in [1.82, 2.24) is 10.2 Å². The number of piperidine rings is 1. The van der Waals surface area contributed by atoms with Crippen LogP contribution in [0.2, 0.25) is 0 Å². The minimum atomic E-state index is -0.0323. The van der Waals surface area contributed by atoms with Gasteiger partial charge in [-0.2, -0.15) is 0 Å². The molecule has 0 atom stereocenters. The van der Waals surface area contributed by atoms with Crippen molar-refractivity contribution in [2.45, 2.75) is 45.6 Å². The first-order valence-electron chi connectivity index (χ1n) is 8.83. The topological polar surface area (TPSA) is 58.6 Å². The Morgan fingerprint density at radius 1 is 1.24 bits per heavy atom. The summed E-state index contributed by atoms with van der Waals surface area (Å²) in [5, 5.41) is 3.05. The quantitative estimate of drug-likeness (QED) is 0.596. The maximum Gasteiger partial charge on any atom is 0.237 e. The Kier molecular flexibility index (Phi) is 7.56. The molecule has 2 amide bonds. The number of para-hydroxylation sites is 1. The molecule has 0 spiro atoms. The van der Waals surface area contributed by atoms with E-state index >= 15 is 0 Å². The summed E-state index contributed by atoms with van der Waals surface area (Å²) < 4.78 is 5.82. The molecule has 0 aliphatic carbocycles. The molecular weight excluding hydrogens is 340 g/mol. The number of nitrogens with zero attached hydrogens (tertiary/aromatic N) is 1. The first-order chi connectivity index (χ1) is 12.0. The number of alkyl halides is 1. The maximum atomic E-state index is 12.1. The second-order valence-corrected chi connectivity index (χ2v) is 6.80. The molecule has 0 saturated carbocycles. The first kappa shape index (κ1) is 19.6. The third kappa shape index (κ3) is 5.92. The second kappa shape index (κ2) is 9.66. The highest BCUT2D eigenvalue weighted by Crippen LogP contribution is 2.22. The van der Waals surface area contributed by atoms with Crippen molar-refractivity contribution in [3.8, 4) is 5.75 Å². The van der Waals surface area contributed by atoms with Gasteiger partial charge in [-0.15, -0.1) is 11.6 Å². The minimum absolute atomic E-state index is 0.0252. The zero-order valence-electron chi connectivity index (χ0n) is 15.0. The molecule has 1 aromatic rings. The Bertz CT molecular complexity index is 578. The lowest BCUT2D eigenvalue weighted by Crippen LogP contribution is -2.46. The van der Waals surface area contributed by atoms with E-state index in [9.17, 15) is 9.59 Å². The lowest BCUT2D eigenvalue weighted by Gasteiger charge is -2.32. The summed E-state index contributed by atoms with van der Waals surface area (Å²) in [6.07, 6.45) is 2.70. The molecule has 0 bridgehead atoms. The molecule has 0 aromatic heterocycles. The number of hydrogen-bond donors (Lipinski definition) is 1. The number of ether oxygens (including phenoxy) is 1. The molecule has 1 aliphatic rings. The summed E-state index contributed by atoms with van der Waals surface area (Å²) in [7, 11) is 0. The van der Waals surface area contributed by atoms with E-state index in [0.717, 1.165) is 29.7 Å². The van der Waals surface area contributed by atoms with Crippen molar-refractivity contribution in [3.05, 3.63) is 29.3 Å². The normalized spacial score (nSPS) is 15.1. The van der Waals surface area contributed by atoms with Gasteiger partial charge >= 0.3 is 0 Å². The van der Waals surface area contributed by atoms with E-state index < -0.39 is 0 Å². The van der Waals surface area contributed by atoms with Gasteiger partial charge in [0.2, 0.25) is 11.8 Å². The number of benzene rings is 1. The third-order valence-electron chi connectivity index (χ3n) is 4.53. The fourth-order valence-electron chi connectivity index (χ4n) is 3.09. The van der Waals surface area contributed by atoms with Crippen LogP contribution in [-0.2, 0) is 9.59 Å². The third-order valence-corrected chi connectivity index (χ3v) is 4.76. The fraction of sp³-hybridized carbons (Fsp3) is 0.579. The molecule has 1 aromatic carbocycles. The predicted octanol–water partition coefficient (Wildman–Crippen LogP) is 2.81. The fourth-order valence-corrected chi connectivity index (χ4v) is 3.26. The minimum Gasteiger partial charge on any atom is -0.493 e. The van der Waals surface area contributed by atoms with Crippen LogP contribution in [0, 0.1) is 13.8 Å². The standard InChI is InChI=1S/C19H27ClN2O3/c1-14-5-3-6-15(2)19(14)25-12-4-7-17(23)21-16-8-10-22(11-9-16)18(24)13-20/h3,5-6,16H,4,7-13H2,1-2H3,(H,21,23). The van der Waals surface area contributed by atoms with Crippen molar-refractivity contribution >= 4 is 23.4 Å². The predicted molar refractivity (Wildman–Crippen MR) is 99.1 cm³/mol. The number of likely N-dealkylation sites (tertiary alicyclic amines) is 1. The van der Waals surface area contributed by atoms with Gasteiger partial charge in [-0.25, -0.2) is 0 Å². The molecule has 2 rings (SSSR count). The maximum absolute atomic E-state index is 12.1. The highest BCUT2D eigenvalue weighted by molar-refractivity contribution is 6.27. The van der Waals surface area contributed by atoms with Crippen LogP contribution >= 0.6 is 11.6 Å². The lowest BCUT2D eigenvalue weighted by atomic mass is 10.0. The Hall–Kier alpha value is -1.75. The monoisotopic (exact) mass is 366 g/mol. The van der Waals surface area contributed by atoms with Crippen molar-refractivity contribution in [1.29, 1.82) is 0 Å². The SMILES string of the molecule is Cc1cccc(C)c1OCCCC(=O)NC1CCN(C(=O)CCl)CC1. The molecular formula is C19H27ClN2O3. The van der Waals surface area contributed by atoms with Gasteiger partial charge < -0.3 is 15.0 Å². The summed E-state index contributed by atoms with van der Waals surface area (Å²) in [5.41, 5.74) is 2.23. The Morgan fingerprint density at radius 3 is 2.48 bits per heavy atom. The van der Waals surface area contributed by atoms with E-state index in [1.165, 1.54) is 0 Å². The number of hydrogen-bond acceptors (Lipinski definition) is 3. The van der Waals surface area contributed by atoms with Gasteiger partial charge in [0.25, 0.3) is 0 Å². The van der Waals surface area contributed by atoms with Gasteiger partial charge in [-0.3, -0.25) is 9.59 Å². The van der Waals surface area contributed by atoms with Crippen molar-refractivity contribution < 1.29 is 14.3 Å². The molecule has 138 valence electrons. The summed E-state index contributed by atoms with van der Waals surface area (Å²) in [6, 6.07) is 6.20. The van der Waals surface area contributed by atoms with E-state index in [-0.39, 0.29) is 23.7 Å². The average Bonchev–Trinajstić information content (AvgIpc) is 2.60. The van der Waals surface area contributed by atoms with Crippen molar-refractivity contribution in [2.24, 2.45) is 0 Å². The van der Waals surface area contributed by atoms with Crippen LogP contribution in [0.4, 0.5) is 0 Å². The van der Waals surface area contributed by atoms with Crippen LogP contribution in [0.5, 0.6) is 5.75 Å². The van der Waals surface area contributed by atoms with Gasteiger partial charge in [0.15, 0.2) is 0 Å². The zero-order chi connectivity index (χ0) is 18.2. The Balaban J connectivity index is 1.64. The smallest absolute Gasteiger partial charge is 0.237 e. The van der Waals surface area contributed by atoms with Gasteiger partial charge in [-0.05, 0) is 44.2 Å². The van der Waals surface area contributed by atoms with E-state index in [2.05, 4.69) is 5.32 Å². The molecule has 5 nitrogen and oxygen atoms in total. The molecule has 1 aliphatic heterocycles. The molecule has 1 saturated heterocycles. The average molecular weight is 367 g/mol. The molecule has 25 heavy (non-hydrogen) atoms. The van der Waals surface area contributed by atoms with Crippen LogP contribution < -0.4 is 10.1 Å². The van der Waals surface area contributed by atoms with Crippen molar-refractivity contribution in [2.75, 3.05) is 25.6 Å². The summed E-state index contributed by atoms with van der Waals surface area (Å²) in [4.78, 5) is 25.3. The van der Waals surface area contributed by atoms with Gasteiger partial charge in [0.05, 0.1) is 6.61 Å². The number of amides is 2. The van der Waals surface area contributed by atoms with E-state index in [0.29, 0.717) is 32.5 Å². The summed E-state index contributed by atoms with van der Waals surface area (Å²) in [6.45, 7) is 5.90. The molecule has 1 heterocycles. The van der Waals surface area contributed by atoms with E-state index in [1.54, 1.807) is 4.90 Å². The van der Waals surface area contributed by atoms with Gasteiger partial charge in [0, 0.05) is 25.6 Å². The summed E-state index contributed by atoms with van der Waals surface area (Å²) in [5.74, 6) is 0.957. The molecule has 0 unspecified atom stereocenters. The van der Waals surface area contributed by atoms with Crippen LogP contribution in [-0.4, -0.2) is 48.3 Å². The molecule has 0 radical (unpaired) electrons. The largest absolute Gasteiger partial charge is 0.493 e. The van der Waals surface area contributed by atoms with Crippen LogP contribution in [0.1, 0.15) is 36.8 Å². The number of rotatable bonds is 7. The number of carbonyl (C=O) groups excluding carboxylic acids is 2. The second-order valence-electron chi connectivity index (χ2n) is 6.53. The zero-order valence-corrected chi connectivity index (χ0v) is 15.8. The van der Waals surface area contributed by atoms with E-state index in [1.807, 2.05) is 32.0 Å². The lowest BCUT2D eigenvalue weighted by molar-refractivity contribution is -0.129. The Labute approximate surface area is 154 Å². The Morgan fingerprint density at radius 2 is 1.88 bits per heavy atom. The van der Waals surface area contributed by atoms with Gasteiger partial charge in [-0.1, -0.05) is 18.2 Å². The van der Waals surface area contributed by atoms with Crippen LogP contribution in [0.15, 0.2) is 18.2 Å². The highest BCUT2D eigenvalue weighted by atomic mass is 35.5. The summed E-state index contributed by atoms with van der Waals surface area (Å²) >= 11 is 5.57. The van der Waals surface area contributed by atoms with Crippen molar-refractivity contribution in [3.63, 3.8) is 0 Å². The van der Waals surface area contributed by atoms with Crippen LogP contribution in [0.3, 0.4) is 0 Å². The van der Waals surface area contributed by atoms with E-state index in [4.69, 9.17) is 16.3 Å². The molecule has 6 heteroatoms. The van der Waals surface area contributed by atoms with Gasteiger partial charge in [0.1, 0.15) is 11.6 Å².